The fraction of sp³-hybridized carbons (Fsp3) is 0.379. The van der Waals surface area contributed by atoms with Crippen LogP contribution in [0.25, 0.3) is 21.9 Å². The van der Waals surface area contributed by atoms with E-state index < -0.39 is 5.92 Å². The van der Waals surface area contributed by atoms with Crippen molar-refractivity contribution >= 4 is 22.6 Å². The number of nitrogens with one attached hydrogen (secondary N) is 1. The van der Waals surface area contributed by atoms with Crippen LogP contribution in [0.5, 0.6) is 17.2 Å². The van der Waals surface area contributed by atoms with Crippen molar-refractivity contribution in [2.75, 3.05) is 41.5 Å². The topological polar surface area (TPSA) is 97.3 Å². The number of nitrogens with zero attached hydrogens (tertiary/aromatic N) is 1. The van der Waals surface area contributed by atoms with Crippen LogP contribution in [0.15, 0.2) is 48.5 Å². The number of hydrogen-bond acceptors (Lipinski definition) is 6. The standard InChI is InChI=1S/C29H34N2O6/c1-17-27(29(34)30-2)23(16-32)15-31(17)26(33)11-18-6-7-20-12-21(9-8-19(20)10-18)22-13-24(35-3)28(37-5)25(14-22)36-4/h6-10,12-14,17,23,27,32H,11,15-16H2,1-5H3,(H,30,34). The molecule has 8 nitrogen and oxygen atoms in total. The summed E-state index contributed by atoms with van der Waals surface area (Å²) in [6, 6.07) is 15.7. The van der Waals surface area contributed by atoms with Crippen LogP contribution < -0.4 is 19.5 Å². The summed E-state index contributed by atoms with van der Waals surface area (Å²) >= 11 is 0. The smallest absolute Gasteiger partial charge is 0.227 e. The third kappa shape index (κ3) is 5.06. The molecule has 3 atom stereocenters. The predicted molar refractivity (Wildman–Crippen MR) is 142 cm³/mol. The highest BCUT2D eigenvalue weighted by molar-refractivity contribution is 5.90. The Hall–Kier alpha value is -3.78. The Kier molecular flexibility index (Phi) is 7.88. The fourth-order valence-corrected chi connectivity index (χ4v) is 5.33. The van der Waals surface area contributed by atoms with Crippen LogP contribution in [-0.2, 0) is 16.0 Å². The van der Waals surface area contributed by atoms with Crippen LogP contribution in [0.4, 0.5) is 0 Å². The van der Waals surface area contributed by atoms with E-state index in [9.17, 15) is 14.7 Å². The van der Waals surface area contributed by atoms with Crippen molar-refractivity contribution < 1.29 is 28.9 Å². The second-order valence-electron chi connectivity index (χ2n) is 9.36. The highest BCUT2D eigenvalue weighted by atomic mass is 16.5. The number of carbonyl (C=O) groups is 2. The molecule has 0 bridgehead atoms. The molecule has 1 aliphatic heterocycles. The predicted octanol–water partition coefficient (Wildman–Crippen LogP) is 3.28. The van der Waals surface area contributed by atoms with Gasteiger partial charge in [0.05, 0.1) is 33.7 Å². The van der Waals surface area contributed by atoms with Gasteiger partial charge in [0.2, 0.25) is 17.6 Å². The van der Waals surface area contributed by atoms with Crippen LogP contribution in [0.1, 0.15) is 12.5 Å². The Morgan fingerprint density at radius 1 is 0.946 bits per heavy atom. The molecule has 196 valence electrons. The molecule has 0 aromatic heterocycles. The third-order valence-electron chi connectivity index (χ3n) is 7.31. The summed E-state index contributed by atoms with van der Waals surface area (Å²) in [4.78, 5) is 27.2. The van der Waals surface area contributed by atoms with Gasteiger partial charge in [-0.3, -0.25) is 9.59 Å². The molecule has 3 aromatic rings. The Morgan fingerprint density at radius 2 is 1.59 bits per heavy atom. The molecule has 3 unspecified atom stereocenters. The molecular formula is C29H34N2O6. The molecule has 3 aromatic carbocycles. The number of aliphatic hydroxyl groups is 1. The maximum Gasteiger partial charge on any atom is 0.227 e. The lowest BCUT2D eigenvalue weighted by Gasteiger charge is -2.24. The normalized spacial score (nSPS) is 19.1. The summed E-state index contributed by atoms with van der Waals surface area (Å²) in [5.74, 6) is 0.853. The lowest BCUT2D eigenvalue weighted by molar-refractivity contribution is -0.132. The number of hydrogen-bond donors (Lipinski definition) is 2. The van der Waals surface area contributed by atoms with Crippen molar-refractivity contribution in [3.8, 4) is 28.4 Å². The fourth-order valence-electron chi connectivity index (χ4n) is 5.33. The van der Waals surface area contributed by atoms with Crippen LogP contribution in [0.2, 0.25) is 0 Å². The molecule has 2 N–H and O–H groups in total. The maximum absolute atomic E-state index is 13.2. The number of methoxy groups -OCH3 is 3. The van der Waals surface area contributed by atoms with Gasteiger partial charge < -0.3 is 29.5 Å². The van der Waals surface area contributed by atoms with Crippen LogP contribution in [0.3, 0.4) is 0 Å². The van der Waals surface area contributed by atoms with E-state index in [1.807, 2.05) is 49.4 Å². The molecule has 1 aliphatic rings. The van der Waals surface area contributed by atoms with E-state index in [1.165, 1.54) is 0 Å². The zero-order valence-corrected chi connectivity index (χ0v) is 21.9. The molecule has 0 aliphatic carbocycles. The Bertz CT molecular complexity index is 1280. The molecule has 8 heteroatoms. The SMILES string of the molecule is CNC(=O)C1C(CO)CN(C(=O)Cc2ccc3cc(-c4cc(OC)c(OC)c(OC)c4)ccc3c2)C1C. The molecule has 1 heterocycles. The van der Waals surface area contributed by atoms with Gasteiger partial charge in [-0.05, 0) is 52.6 Å². The molecule has 0 saturated carbocycles. The Morgan fingerprint density at radius 3 is 2.19 bits per heavy atom. The molecule has 4 rings (SSSR count). The maximum atomic E-state index is 13.2. The number of fused-ring (bicyclic) bond motifs is 1. The number of benzene rings is 3. The van der Waals surface area contributed by atoms with Crippen molar-refractivity contribution in [2.45, 2.75) is 19.4 Å². The van der Waals surface area contributed by atoms with Gasteiger partial charge in [0.25, 0.3) is 0 Å². The number of ether oxygens (including phenoxy) is 3. The first-order valence-electron chi connectivity index (χ1n) is 12.3. The van der Waals surface area contributed by atoms with Gasteiger partial charge in [-0.25, -0.2) is 0 Å². The average molecular weight is 507 g/mol. The largest absolute Gasteiger partial charge is 0.493 e. The van der Waals surface area contributed by atoms with Gasteiger partial charge in [-0.1, -0.05) is 30.3 Å². The summed E-state index contributed by atoms with van der Waals surface area (Å²) in [6.07, 6.45) is 0.230. The van der Waals surface area contributed by atoms with E-state index in [1.54, 1.807) is 33.3 Å². The summed E-state index contributed by atoms with van der Waals surface area (Å²) in [7, 11) is 6.34. The third-order valence-corrected chi connectivity index (χ3v) is 7.31. The Balaban J connectivity index is 1.56. The average Bonchev–Trinajstić information content (AvgIpc) is 3.27. The van der Waals surface area contributed by atoms with Gasteiger partial charge in [0, 0.05) is 32.2 Å². The molecule has 0 radical (unpaired) electrons. The molecule has 2 amide bonds. The van der Waals surface area contributed by atoms with E-state index >= 15 is 0 Å². The van der Waals surface area contributed by atoms with Crippen LogP contribution >= 0.6 is 0 Å². The lowest BCUT2D eigenvalue weighted by atomic mass is 9.91. The molecular weight excluding hydrogens is 472 g/mol. The monoisotopic (exact) mass is 506 g/mol. The van der Waals surface area contributed by atoms with Crippen molar-refractivity contribution in [1.29, 1.82) is 0 Å². The highest BCUT2D eigenvalue weighted by Crippen LogP contribution is 2.41. The first-order valence-corrected chi connectivity index (χ1v) is 12.3. The number of carbonyl (C=O) groups excluding carboxylic acids is 2. The number of likely N-dealkylation sites (tertiary alicyclic amines) is 1. The van der Waals surface area contributed by atoms with E-state index in [-0.39, 0.29) is 36.8 Å². The minimum absolute atomic E-state index is 0.0502. The minimum atomic E-state index is -0.413. The second kappa shape index (κ2) is 11.1. The van der Waals surface area contributed by atoms with Crippen molar-refractivity contribution in [1.82, 2.24) is 10.2 Å². The first kappa shape index (κ1) is 26.3. The second-order valence-corrected chi connectivity index (χ2v) is 9.36. The number of amides is 2. The molecule has 37 heavy (non-hydrogen) atoms. The van der Waals surface area contributed by atoms with Gasteiger partial charge in [-0.2, -0.15) is 0 Å². The van der Waals surface area contributed by atoms with E-state index in [4.69, 9.17) is 14.2 Å². The quantitative estimate of drug-likeness (QED) is 0.487. The molecule has 1 fully saturated rings. The summed E-state index contributed by atoms with van der Waals surface area (Å²) in [5.41, 5.74) is 2.83. The lowest BCUT2D eigenvalue weighted by Crippen LogP contribution is -2.41. The first-order chi connectivity index (χ1) is 17.8. The zero-order chi connectivity index (χ0) is 26.7. The zero-order valence-electron chi connectivity index (χ0n) is 21.9. The number of rotatable bonds is 8. The van der Waals surface area contributed by atoms with Crippen LogP contribution in [0, 0.1) is 11.8 Å². The molecule has 0 spiro atoms. The van der Waals surface area contributed by atoms with E-state index in [0.717, 1.165) is 27.5 Å². The molecule has 1 saturated heterocycles. The van der Waals surface area contributed by atoms with Gasteiger partial charge >= 0.3 is 0 Å². The number of aliphatic hydroxyl groups excluding tert-OH is 1. The summed E-state index contributed by atoms with van der Waals surface area (Å²) in [6.45, 7) is 2.12. The van der Waals surface area contributed by atoms with Crippen molar-refractivity contribution in [3.63, 3.8) is 0 Å². The summed E-state index contributed by atoms with van der Waals surface area (Å²) < 4.78 is 16.4. The minimum Gasteiger partial charge on any atom is -0.493 e. The Labute approximate surface area is 217 Å². The van der Waals surface area contributed by atoms with Crippen molar-refractivity contribution in [2.24, 2.45) is 11.8 Å². The van der Waals surface area contributed by atoms with Gasteiger partial charge in [0.15, 0.2) is 11.5 Å². The van der Waals surface area contributed by atoms with Crippen LogP contribution in [-0.4, -0.2) is 69.4 Å². The highest BCUT2D eigenvalue weighted by Gasteiger charge is 2.44. The van der Waals surface area contributed by atoms with Crippen molar-refractivity contribution in [3.05, 3.63) is 54.1 Å². The van der Waals surface area contributed by atoms with E-state index in [2.05, 4.69) is 11.4 Å². The van der Waals surface area contributed by atoms with E-state index in [0.29, 0.717) is 23.8 Å². The van der Waals surface area contributed by atoms with Gasteiger partial charge in [-0.15, -0.1) is 0 Å². The van der Waals surface area contributed by atoms with Gasteiger partial charge in [0.1, 0.15) is 0 Å². The summed E-state index contributed by atoms with van der Waals surface area (Å²) in [5, 5.41) is 14.5.